The predicted molar refractivity (Wildman–Crippen MR) is 88.6 cm³/mol. The topological polar surface area (TPSA) is 110 Å². The number of imidazole rings is 1. The lowest BCUT2D eigenvalue weighted by atomic mass is 9.97. The van der Waals surface area contributed by atoms with Crippen LogP contribution in [0.3, 0.4) is 0 Å². The van der Waals surface area contributed by atoms with Crippen LogP contribution in [0.15, 0.2) is 17.6 Å². The van der Waals surface area contributed by atoms with E-state index in [1.807, 2.05) is 6.92 Å². The number of halogens is 1. The second-order valence-corrected chi connectivity index (χ2v) is 7.43. The van der Waals surface area contributed by atoms with E-state index < -0.39 is 10.0 Å². The maximum Gasteiger partial charge on any atom is 0.260 e. The molecule has 0 saturated carbocycles. The molecule has 1 aliphatic heterocycles. The summed E-state index contributed by atoms with van der Waals surface area (Å²) in [6.07, 6.45) is 5.60. The second-order valence-electron chi connectivity index (χ2n) is 5.71. The van der Waals surface area contributed by atoms with Gasteiger partial charge < -0.3 is 15.2 Å². The maximum absolute atomic E-state index is 12.3. The molecule has 1 aromatic heterocycles. The molecule has 1 saturated heterocycles. The van der Waals surface area contributed by atoms with E-state index in [1.54, 1.807) is 11.9 Å². The fourth-order valence-electron chi connectivity index (χ4n) is 2.67. The van der Waals surface area contributed by atoms with Crippen molar-refractivity contribution in [3.05, 3.63) is 12.5 Å². The van der Waals surface area contributed by atoms with Crippen molar-refractivity contribution in [3.8, 4) is 0 Å². The number of aryl methyl sites for hydroxylation is 1. The number of sulfonamides is 1. The van der Waals surface area contributed by atoms with Gasteiger partial charge in [-0.3, -0.25) is 4.79 Å². The summed E-state index contributed by atoms with van der Waals surface area (Å²) in [4.78, 5) is 17.8. The average Bonchev–Trinajstić information content (AvgIpc) is 2.92. The van der Waals surface area contributed by atoms with Gasteiger partial charge in [0.15, 0.2) is 5.03 Å². The number of nitrogens with one attached hydrogen (secondary N) is 1. The highest BCUT2D eigenvalue weighted by molar-refractivity contribution is 7.89. The minimum atomic E-state index is -3.77. The zero-order valence-electron chi connectivity index (χ0n) is 13.3. The Balaban J connectivity index is 0.00000264. The fourth-order valence-corrected chi connectivity index (χ4v) is 3.63. The van der Waals surface area contributed by atoms with Gasteiger partial charge in [0.25, 0.3) is 10.0 Å². The van der Waals surface area contributed by atoms with Crippen molar-refractivity contribution >= 4 is 28.3 Å². The minimum absolute atomic E-state index is 0. The molecule has 10 heteroatoms. The van der Waals surface area contributed by atoms with Crippen LogP contribution in [0, 0.1) is 0 Å². The third kappa shape index (κ3) is 4.90. The Morgan fingerprint density at radius 1 is 1.52 bits per heavy atom. The summed E-state index contributed by atoms with van der Waals surface area (Å²) in [5.74, 6) is -0.249. The number of nitrogens with zero attached hydrogens (tertiary/aromatic N) is 3. The summed E-state index contributed by atoms with van der Waals surface area (Å²) >= 11 is 0. The van der Waals surface area contributed by atoms with Crippen LogP contribution in [-0.2, 0) is 21.9 Å². The van der Waals surface area contributed by atoms with Crippen LogP contribution in [0.2, 0.25) is 0 Å². The molecule has 1 aliphatic rings. The van der Waals surface area contributed by atoms with Gasteiger partial charge in [0.2, 0.25) is 5.91 Å². The van der Waals surface area contributed by atoms with E-state index in [4.69, 9.17) is 5.73 Å². The van der Waals surface area contributed by atoms with Crippen molar-refractivity contribution in [2.24, 2.45) is 12.8 Å². The number of carbonyl (C=O) groups is 1. The number of likely N-dealkylation sites (tertiary alicyclic amines) is 1. The molecule has 1 fully saturated rings. The van der Waals surface area contributed by atoms with Crippen LogP contribution < -0.4 is 10.5 Å². The molecule has 0 radical (unpaired) electrons. The highest BCUT2D eigenvalue weighted by Crippen LogP contribution is 2.19. The van der Waals surface area contributed by atoms with Gasteiger partial charge in [0.1, 0.15) is 0 Å². The first-order chi connectivity index (χ1) is 10.3. The molecule has 3 N–H and O–H groups in total. The Morgan fingerprint density at radius 3 is 2.78 bits per heavy atom. The minimum Gasteiger partial charge on any atom is -0.339 e. The van der Waals surface area contributed by atoms with E-state index >= 15 is 0 Å². The zero-order valence-corrected chi connectivity index (χ0v) is 14.9. The third-order valence-electron chi connectivity index (χ3n) is 3.85. The van der Waals surface area contributed by atoms with Crippen molar-refractivity contribution in [2.45, 2.75) is 43.3 Å². The van der Waals surface area contributed by atoms with Crippen molar-refractivity contribution in [2.75, 3.05) is 13.1 Å². The Bertz CT molecular complexity index is 631. The Morgan fingerprint density at radius 2 is 2.22 bits per heavy atom. The molecule has 0 spiro atoms. The molecular weight excluding hydrogens is 342 g/mol. The van der Waals surface area contributed by atoms with Crippen molar-refractivity contribution < 1.29 is 13.2 Å². The van der Waals surface area contributed by atoms with Gasteiger partial charge in [-0.1, -0.05) is 0 Å². The van der Waals surface area contributed by atoms with Crippen LogP contribution in [0.4, 0.5) is 0 Å². The van der Waals surface area contributed by atoms with Crippen molar-refractivity contribution in [1.29, 1.82) is 0 Å². The smallest absolute Gasteiger partial charge is 0.260 e. The molecule has 1 aromatic rings. The summed E-state index contributed by atoms with van der Waals surface area (Å²) in [7, 11) is -2.09. The van der Waals surface area contributed by atoms with Crippen LogP contribution in [0.25, 0.3) is 0 Å². The largest absolute Gasteiger partial charge is 0.339 e. The number of amides is 1. The maximum atomic E-state index is 12.3. The monoisotopic (exact) mass is 365 g/mol. The number of hydrogen-bond donors (Lipinski definition) is 2. The lowest BCUT2D eigenvalue weighted by Gasteiger charge is -2.38. The van der Waals surface area contributed by atoms with E-state index in [0.29, 0.717) is 6.54 Å². The van der Waals surface area contributed by atoms with E-state index in [9.17, 15) is 13.2 Å². The van der Waals surface area contributed by atoms with Gasteiger partial charge in [-0.25, -0.2) is 18.1 Å². The highest BCUT2D eigenvalue weighted by Gasteiger charge is 2.30. The van der Waals surface area contributed by atoms with Crippen LogP contribution in [0.1, 0.15) is 26.2 Å². The first-order valence-electron chi connectivity index (χ1n) is 7.34. The van der Waals surface area contributed by atoms with Gasteiger partial charge in [-0.15, -0.1) is 12.4 Å². The van der Waals surface area contributed by atoms with Crippen LogP contribution >= 0.6 is 12.4 Å². The zero-order chi connectivity index (χ0) is 16.3. The Labute approximate surface area is 142 Å². The number of piperidine rings is 1. The molecule has 2 unspecified atom stereocenters. The second kappa shape index (κ2) is 8.09. The van der Waals surface area contributed by atoms with E-state index in [1.165, 1.54) is 17.1 Å². The summed E-state index contributed by atoms with van der Waals surface area (Å²) in [5.41, 5.74) is 5.93. The molecule has 2 heterocycles. The summed E-state index contributed by atoms with van der Waals surface area (Å²) in [6.45, 7) is 2.22. The van der Waals surface area contributed by atoms with Gasteiger partial charge in [-0.05, 0) is 26.2 Å². The van der Waals surface area contributed by atoms with Crippen LogP contribution in [0.5, 0.6) is 0 Å². The summed E-state index contributed by atoms with van der Waals surface area (Å²) in [5, 5.41) is -0.0924. The van der Waals surface area contributed by atoms with Crippen molar-refractivity contribution in [1.82, 2.24) is 19.2 Å². The van der Waals surface area contributed by atoms with E-state index in [-0.39, 0.29) is 42.0 Å². The molecule has 1 amide bonds. The summed E-state index contributed by atoms with van der Waals surface area (Å²) in [6, 6.07) is -0.155. The first kappa shape index (κ1) is 19.9. The Hall–Kier alpha value is -1.16. The number of aromatic nitrogens is 2. The molecule has 8 nitrogen and oxygen atoms in total. The van der Waals surface area contributed by atoms with Crippen molar-refractivity contribution in [3.63, 3.8) is 0 Å². The molecule has 23 heavy (non-hydrogen) atoms. The standard InChI is InChI=1S/C13H23N5O3S.ClH/c1-10(14)11-5-3-4-6-18(11)13(19)7-16-22(20,21)12-8-17(2)9-15-12;/h8-11,16H,3-7,14H2,1-2H3;1H. The average molecular weight is 366 g/mol. The summed E-state index contributed by atoms with van der Waals surface area (Å²) < 4.78 is 28.0. The first-order valence-corrected chi connectivity index (χ1v) is 8.82. The number of rotatable bonds is 5. The number of hydrogen-bond acceptors (Lipinski definition) is 5. The van der Waals surface area contributed by atoms with Gasteiger partial charge in [0, 0.05) is 31.9 Å². The normalized spacial score (nSPS) is 20.0. The lowest BCUT2D eigenvalue weighted by Crippen LogP contribution is -2.54. The lowest BCUT2D eigenvalue weighted by molar-refractivity contribution is -0.134. The van der Waals surface area contributed by atoms with Crippen LogP contribution in [-0.4, -0.2) is 53.9 Å². The van der Waals surface area contributed by atoms with Gasteiger partial charge in [-0.2, -0.15) is 0 Å². The number of carbonyl (C=O) groups excluding carboxylic acids is 1. The molecule has 2 rings (SSSR count). The fraction of sp³-hybridized carbons (Fsp3) is 0.692. The Kier molecular flexibility index (Phi) is 7.00. The van der Waals surface area contributed by atoms with E-state index in [2.05, 4.69) is 9.71 Å². The molecule has 2 atom stereocenters. The quantitative estimate of drug-likeness (QED) is 0.753. The highest BCUT2D eigenvalue weighted by atomic mass is 35.5. The SMILES string of the molecule is CC(N)C1CCCCN1C(=O)CNS(=O)(=O)c1cn(C)cn1.Cl. The van der Waals surface area contributed by atoms with Gasteiger partial charge in [0.05, 0.1) is 12.9 Å². The predicted octanol–water partition coefficient (Wildman–Crippen LogP) is -0.151. The van der Waals surface area contributed by atoms with Gasteiger partial charge >= 0.3 is 0 Å². The molecule has 0 bridgehead atoms. The molecular formula is C13H24ClN5O3S. The molecule has 0 aliphatic carbocycles. The molecule has 132 valence electrons. The molecule has 0 aromatic carbocycles. The van der Waals surface area contributed by atoms with E-state index in [0.717, 1.165) is 19.3 Å². The third-order valence-corrected chi connectivity index (χ3v) is 5.13. The number of nitrogens with two attached hydrogens (primary N) is 1.